The van der Waals surface area contributed by atoms with E-state index in [1.54, 1.807) is 6.92 Å². The summed E-state index contributed by atoms with van der Waals surface area (Å²) >= 11 is 0. The molecule has 48 valence electrons. The highest BCUT2D eigenvalue weighted by atomic mass is 16.3. The molecule has 8 heavy (non-hydrogen) atoms. The van der Waals surface area contributed by atoms with Crippen molar-refractivity contribution in [3.05, 3.63) is 0 Å². The minimum atomic E-state index is -0.632. The van der Waals surface area contributed by atoms with E-state index in [1.165, 1.54) is 6.92 Å². The lowest BCUT2D eigenvalue weighted by molar-refractivity contribution is -0.124. The number of aliphatic hydroxyl groups excluding tert-OH is 1. The van der Waals surface area contributed by atoms with Crippen LogP contribution < -0.4 is 5.73 Å². The Morgan fingerprint density at radius 2 is 2.00 bits per heavy atom. The maximum Gasteiger partial charge on any atom is 0.222 e. The van der Waals surface area contributed by atoms with Crippen molar-refractivity contribution in [2.45, 2.75) is 20.0 Å². The van der Waals surface area contributed by atoms with Crippen LogP contribution in [0.4, 0.5) is 0 Å². The van der Waals surface area contributed by atoms with Crippen molar-refractivity contribution in [2.75, 3.05) is 0 Å². The normalized spacial score (nSPS) is 17.4. The minimum absolute atomic E-state index is 0.435. The van der Waals surface area contributed by atoms with Crippen LogP contribution in [0.25, 0.3) is 0 Å². The molecule has 0 aromatic heterocycles. The number of carbonyl (C=O) groups is 1. The van der Waals surface area contributed by atoms with Gasteiger partial charge in [0, 0.05) is 0 Å². The minimum Gasteiger partial charge on any atom is -0.393 e. The average molecular weight is 117 g/mol. The number of amides is 1. The summed E-state index contributed by atoms with van der Waals surface area (Å²) in [5, 5.41) is 8.69. The van der Waals surface area contributed by atoms with Crippen LogP contribution in [0.1, 0.15) is 13.8 Å². The van der Waals surface area contributed by atoms with Gasteiger partial charge in [-0.3, -0.25) is 4.79 Å². The second kappa shape index (κ2) is 2.67. The van der Waals surface area contributed by atoms with E-state index in [4.69, 9.17) is 10.8 Å². The molecule has 0 saturated carbocycles. The SMILES string of the molecule is C[C@H](O)[C@@H](C)C(N)=O. The lowest BCUT2D eigenvalue weighted by atomic mass is 10.1. The van der Waals surface area contributed by atoms with Crippen LogP contribution in [0, 0.1) is 5.92 Å². The topological polar surface area (TPSA) is 63.3 Å². The Morgan fingerprint density at radius 3 is 2.00 bits per heavy atom. The quantitative estimate of drug-likeness (QED) is 0.511. The predicted molar refractivity (Wildman–Crippen MR) is 30.0 cm³/mol. The summed E-state index contributed by atoms with van der Waals surface area (Å²) in [6.07, 6.45) is -0.632. The van der Waals surface area contributed by atoms with Gasteiger partial charge in [-0.25, -0.2) is 0 Å². The first kappa shape index (κ1) is 7.43. The Morgan fingerprint density at radius 1 is 1.62 bits per heavy atom. The van der Waals surface area contributed by atoms with Crippen LogP contribution in [0.2, 0.25) is 0 Å². The number of hydrogen-bond donors (Lipinski definition) is 2. The van der Waals surface area contributed by atoms with Crippen molar-refractivity contribution < 1.29 is 9.90 Å². The molecule has 2 atom stereocenters. The van der Waals surface area contributed by atoms with Gasteiger partial charge in [-0.2, -0.15) is 0 Å². The van der Waals surface area contributed by atoms with Crippen molar-refractivity contribution in [1.29, 1.82) is 0 Å². The molecule has 0 fully saturated rings. The second-order valence-corrected chi connectivity index (χ2v) is 1.93. The predicted octanol–water partition coefficient (Wildman–Crippen LogP) is -0.511. The number of nitrogens with two attached hydrogens (primary N) is 1. The summed E-state index contributed by atoms with van der Waals surface area (Å²) in [5.74, 6) is -0.894. The van der Waals surface area contributed by atoms with Gasteiger partial charge in [0.05, 0.1) is 12.0 Å². The van der Waals surface area contributed by atoms with Crippen molar-refractivity contribution in [3.8, 4) is 0 Å². The first-order chi connectivity index (χ1) is 3.55. The Labute approximate surface area is 48.5 Å². The Balaban J connectivity index is 3.64. The molecule has 3 nitrogen and oxygen atoms in total. The standard InChI is InChI=1S/C5H11NO2/c1-3(4(2)7)5(6)8/h3-4,7H,1-2H3,(H2,6,8)/t3-,4+/m1/s1. The highest BCUT2D eigenvalue weighted by Gasteiger charge is 2.13. The summed E-state index contributed by atoms with van der Waals surface area (Å²) in [5.41, 5.74) is 4.84. The van der Waals surface area contributed by atoms with Crippen LogP contribution in [0.15, 0.2) is 0 Å². The Bertz CT molecular complexity index is 90.4. The van der Waals surface area contributed by atoms with Gasteiger partial charge >= 0.3 is 0 Å². The molecule has 0 aliphatic carbocycles. The van der Waals surface area contributed by atoms with Gasteiger partial charge in [0.25, 0.3) is 0 Å². The molecule has 0 spiro atoms. The average Bonchev–Trinajstić information content (AvgIpc) is 1.64. The molecule has 3 N–H and O–H groups in total. The Hall–Kier alpha value is -0.570. The van der Waals surface area contributed by atoms with Crippen LogP contribution in [-0.2, 0) is 4.79 Å². The number of hydrogen-bond acceptors (Lipinski definition) is 2. The van der Waals surface area contributed by atoms with E-state index < -0.39 is 17.9 Å². The van der Waals surface area contributed by atoms with E-state index in [-0.39, 0.29) is 0 Å². The molecular weight excluding hydrogens is 106 g/mol. The zero-order valence-electron chi connectivity index (χ0n) is 5.09. The van der Waals surface area contributed by atoms with Gasteiger partial charge in [-0.1, -0.05) is 6.92 Å². The summed E-state index contributed by atoms with van der Waals surface area (Å²) in [6.45, 7) is 3.13. The molecule has 0 aromatic carbocycles. The second-order valence-electron chi connectivity index (χ2n) is 1.93. The smallest absolute Gasteiger partial charge is 0.222 e. The largest absolute Gasteiger partial charge is 0.393 e. The summed E-state index contributed by atoms with van der Waals surface area (Å²) in [6, 6.07) is 0. The van der Waals surface area contributed by atoms with E-state index in [2.05, 4.69) is 0 Å². The fraction of sp³-hybridized carbons (Fsp3) is 0.800. The van der Waals surface area contributed by atoms with Crippen molar-refractivity contribution in [1.82, 2.24) is 0 Å². The monoisotopic (exact) mass is 117 g/mol. The summed E-state index contributed by atoms with van der Waals surface area (Å²) in [7, 11) is 0. The van der Waals surface area contributed by atoms with E-state index in [0.717, 1.165) is 0 Å². The lowest BCUT2D eigenvalue weighted by Crippen LogP contribution is -2.28. The summed E-state index contributed by atoms with van der Waals surface area (Å²) < 4.78 is 0. The van der Waals surface area contributed by atoms with Crippen molar-refractivity contribution in [3.63, 3.8) is 0 Å². The molecule has 3 heteroatoms. The number of primary amides is 1. The van der Waals surface area contributed by atoms with Gasteiger partial charge in [0.2, 0.25) is 5.91 Å². The lowest BCUT2D eigenvalue weighted by Gasteiger charge is -2.08. The molecular formula is C5H11NO2. The first-order valence-corrected chi connectivity index (χ1v) is 2.53. The van der Waals surface area contributed by atoms with Crippen LogP contribution in [-0.4, -0.2) is 17.1 Å². The highest BCUT2D eigenvalue weighted by molar-refractivity contribution is 5.76. The zero-order chi connectivity index (χ0) is 6.73. The maximum atomic E-state index is 10.2. The molecule has 0 radical (unpaired) electrons. The molecule has 0 bridgehead atoms. The molecule has 0 saturated heterocycles. The van der Waals surface area contributed by atoms with Crippen LogP contribution in [0.3, 0.4) is 0 Å². The number of rotatable bonds is 2. The van der Waals surface area contributed by atoms with Gasteiger partial charge in [0.1, 0.15) is 0 Å². The molecule has 0 rings (SSSR count). The van der Waals surface area contributed by atoms with E-state index in [9.17, 15) is 4.79 Å². The van der Waals surface area contributed by atoms with Crippen LogP contribution >= 0.6 is 0 Å². The summed E-state index contributed by atoms with van der Waals surface area (Å²) in [4.78, 5) is 10.2. The van der Waals surface area contributed by atoms with Crippen molar-refractivity contribution in [2.24, 2.45) is 11.7 Å². The first-order valence-electron chi connectivity index (χ1n) is 2.53. The number of aliphatic hydroxyl groups is 1. The fourth-order valence-electron chi connectivity index (χ4n) is 0.238. The van der Waals surface area contributed by atoms with Crippen molar-refractivity contribution >= 4 is 5.91 Å². The van der Waals surface area contributed by atoms with Crippen LogP contribution in [0.5, 0.6) is 0 Å². The van der Waals surface area contributed by atoms with Gasteiger partial charge in [0.15, 0.2) is 0 Å². The third-order valence-corrected chi connectivity index (χ3v) is 1.17. The van der Waals surface area contributed by atoms with Gasteiger partial charge in [-0.05, 0) is 6.92 Å². The molecule has 0 aliphatic heterocycles. The van der Waals surface area contributed by atoms with Gasteiger partial charge in [-0.15, -0.1) is 0 Å². The van der Waals surface area contributed by atoms with E-state index in [0.29, 0.717) is 0 Å². The Kier molecular flexibility index (Phi) is 2.48. The third kappa shape index (κ3) is 1.93. The third-order valence-electron chi connectivity index (χ3n) is 1.17. The zero-order valence-corrected chi connectivity index (χ0v) is 5.09. The highest BCUT2D eigenvalue weighted by Crippen LogP contribution is 1.98. The maximum absolute atomic E-state index is 10.2. The molecule has 0 aliphatic rings. The van der Waals surface area contributed by atoms with Gasteiger partial charge < -0.3 is 10.8 Å². The fourth-order valence-corrected chi connectivity index (χ4v) is 0.238. The van der Waals surface area contributed by atoms with E-state index in [1.807, 2.05) is 0 Å². The number of carbonyl (C=O) groups excluding carboxylic acids is 1. The molecule has 0 aromatic rings. The molecule has 1 amide bonds. The van der Waals surface area contributed by atoms with E-state index >= 15 is 0 Å². The molecule has 0 unspecified atom stereocenters. The molecule has 0 heterocycles.